The molecule has 0 amide bonds. The van der Waals surface area contributed by atoms with E-state index in [4.69, 9.17) is 0 Å². The molecular weight excluding hydrogens is 2020 g/mol. The Morgan fingerprint density at radius 2 is 0.710 bits per heavy atom. The van der Waals surface area contributed by atoms with E-state index in [2.05, 4.69) is 290 Å². The van der Waals surface area contributed by atoms with E-state index in [-0.39, 0.29) is 91.3 Å². The van der Waals surface area contributed by atoms with E-state index in [1.807, 2.05) is 0 Å². The van der Waals surface area contributed by atoms with Crippen LogP contribution in [0.4, 0.5) is 0 Å². The molecule has 0 saturated carbocycles. The van der Waals surface area contributed by atoms with Crippen LogP contribution in [0.25, 0.3) is 66.9 Å². The molecule has 12 heteroatoms. The zero-order valence-electron chi connectivity index (χ0n) is 64.8. The van der Waals surface area contributed by atoms with Gasteiger partial charge in [0.25, 0.3) is 0 Å². The predicted octanol–water partition coefficient (Wildman–Crippen LogP) is 21.8. The summed E-state index contributed by atoms with van der Waals surface area (Å²) in [6.45, 7) is 16.3. The molecule has 0 bridgehead atoms. The summed E-state index contributed by atoms with van der Waals surface area (Å²) >= 11 is 0. The third-order valence-corrected chi connectivity index (χ3v) is 24.5. The molecule has 4 aromatic heterocycles. The summed E-state index contributed by atoms with van der Waals surface area (Å²) in [4.78, 5) is 0. The minimum Gasteiger partial charge on any atom is -0.248 e. The molecule has 562 valence electrons. The molecule has 0 atom stereocenters. The molecule has 9 aromatic carbocycles. The van der Waals surface area contributed by atoms with Gasteiger partial charge in [0.15, 0.2) is 69.4 Å². The standard InChI is InChI=1S/C26H32N2.C26H26N2.C22H24N2.C21H24N2.4Ir/c1-25(2)12-13-26(3,4)22-16-24-23(15-21(22)25)27(5)17-28(24)20-11-10-18-8-6-7-9-19(18)14-20;1-3-4-8-19-9-7-12-24(13-19)28-18-27(2)25-16-22-14-20-10-5-6-11-21(20)15-23(22)17-26(25)28;1-23-15-24(20-11-10-16-6-2-3-7-17(16)12-20)22-14-19-9-5-4-8-18(19)13-21(22)23;1-4-6-16-9-10-19(11-15(16)2)23-14-22(3)20-12-17-7-5-8-18(17)13-21(20)23;;;;/h10,14-17H,6-9,12-13H2,1-5H3;5-7,9-11,13,16-18H,3-4,8,14-15H2,1-2H3;10,12-15H,2-9H2,1H3;9,11-14H,4-8H2,1-3H3;;;;. The predicted molar refractivity (Wildman–Crippen MR) is 429 cm³/mol. The van der Waals surface area contributed by atoms with Gasteiger partial charge in [0.1, 0.15) is 0 Å². The number of hydrogen-bond acceptors (Lipinski definition) is 0. The number of imidazole rings is 4. The number of hydrogen-bond donors (Lipinski definition) is 0. The SMILES string of the molecule is CCCCc1cc[c-]c(-n2[cH+]n(C)c3cc4c(cc32)Cc2ccccc2C4)c1.CCCc1c[c-]c(-n2[cH+]n(C)c3cc4c(cc32)CCC4)cc1C.Cn1[cH+]n(-c2[c-]cc3c(c2)CCCC3)c2cc3c(cc21)C(C)(C)CCC3(C)C.Cn1[cH+]n(-c2[c-]cc3c(c2)CCCC3)c2cc3c(cc21)CCCC3.[Ir].[Ir].[Ir].[Ir]. The maximum Gasteiger partial charge on any atom is 0.189 e. The number of aromatic nitrogens is 8. The van der Waals surface area contributed by atoms with E-state index < -0.39 is 0 Å². The van der Waals surface area contributed by atoms with Gasteiger partial charge in [0.05, 0.1) is 0 Å². The summed E-state index contributed by atoms with van der Waals surface area (Å²) in [5.74, 6) is 0. The Hall–Kier alpha value is -6.54. The number of aryl methyl sites for hydroxylation is 15. The van der Waals surface area contributed by atoms with Crippen LogP contribution in [-0.4, -0.2) is 36.5 Å². The van der Waals surface area contributed by atoms with Crippen molar-refractivity contribution in [3.05, 3.63) is 272 Å². The fourth-order valence-corrected chi connectivity index (χ4v) is 18.2. The van der Waals surface area contributed by atoms with Crippen LogP contribution in [0.1, 0.15) is 213 Å². The van der Waals surface area contributed by atoms with Crippen LogP contribution in [0.2, 0.25) is 0 Å². The molecule has 107 heavy (non-hydrogen) atoms. The van der Waals surface area contributed by atoms with Crippen LogP contribution < -0.4 is 0 Å². The molecular formula is C95H106Ir4N8. The Morgan fingerprint density at radius 3 is 1.15 bits per heavy atom. The van der Waals surface area contributed by atoms with Gasteiger partial charge in [-0.25, -0.2) is 36.5 Å². The average molecular weight is 2130 g/mol. The summed E-state index contributed by atoms with van der Waals surface area (Å²) in [7, 11) is 8.61. The Kier molecular flexibility index (Phi) is 25.1. The summed E-state index contributed by atoms with van der Waals surface area (Å²) in [5, 5.41) is 0. The molecule has 0 N–H and O–H groups in total. The monoisotopic (exact) mass is 2130 g/mol. The molecule has 0 fully saturated rings. The first-order chi connectivity index (χ1) is 49.9. The second-order valence-corrected chi connectivity index (χ2v) is 32.7. The zero-order valence-corrected chi connectivity index (χ0v) is 74.4. The molecule has 19 rings (SSSR count). The summed E-state index contributed by atoms with van der Waals surface area (Å²) in [5.41, 5.74) is 40.8. The Bertz CT molecular complexity index is 5420. The second-order valence-electron chi connectivity index (χ2n) is 32.7. The van der Waals surface area contributed by atoms with Gasteiger partial charge < -0.3 is 0 Å². The average Bonchev–Trinajstić information content (AvgIpc) is 1.71. The number of unbranched alkanes of at least 4 members (excludes halogenated alkanes) is 1. The fourth-order valence-electron chi connectivity index (χ4n) is 18.2. The van der Waals surface area contributed by atoms with Gasteiger partial charge in [-0.3, -0.25) is 0 Å². The second kappa shape index (κ2) is 33.6. The largest absolute Gasteiger partial charge is 0.248 e. The van der Waals surface area contributed by atoms with Gasteiger partial charge >= 0.3 is 0 Å². The maximum absolute atomic E-state index is 3.58. The van der Waals surface area contributed by atoms with E-state index in [0.29, 0.717) is 0 Å². The van der Waals surface area contributed by atoms with E-state index >= 15 is 0 Å². The number of fused-ring (bicyclic) bond motifs is 11. The summed E-state index contributed by atoms with van der Waals surface area (Å²) in [6, 6.07) is 62.5. The molecule has 6 aliphatic carbocycles. The molecule has 13 aromatic rings. The summed E-state index contributed by atoms with van der Waals surface area (Å²) < 4.78 is 18.3. The van der Waals surface area contributed by atoms with Crippen molar-refractivity contribution in [1.29, 1.82) is 0 Å². The van der Waals surface area contributed by atoms with Gasteiger partial charge in [0.2, 0.25) is 0 Å². The van der Waals surface area contributed by atoms with E-state index in [0.717, 1.165) is 37.1 Å². The van der Waals surface area contributed by atoms with Crippen molar-refractivity contribution in [2.75, 3.05) is 0 Å². The first-order valence-electron chi connectivity index (χ1n) is 39.3. The van der Waals surface area contributed by atoms with Crippen LogP contribution >= 0.6 is 0 Å². The van der Waals surface area contributed by atoms with Crippen LogP contribution in [0.3, 0.4) is 0 Å². The van der Waals surface area contributed by atoms with Crippen molar-refractivity contribution in [3.8, 4) is 22.7 Å². The third-order valence-electron chi connectivity index (χ3n) is 24.5. The molecule has 6 aliphatic rings. The first-order valence-corrected chi connectivity index (χ1v) is 39.3. The Morgan fingerprint density at radius 1 is 0.355 bits per heavy atom. The molecule has 8 nitrogen and oxygen atoms in total. The van der Waals surface area contributed by atoms with Gasteiger partial charge in [-0.1, -0.05) is 161 Å². The van der Waals surface area contributed by atoms with Gasteiger partial charge in [-0.05, 0) is 156 Å². The van der Waals surface area contributed by atoms with Crippen molar-refractivity contribution in [2.45, 2.75) is 213 Å². The topological polar surface area (TPSA) is 39.4 Å². The van der Waals surface area contributed by atoms with Crippen molar-refractivity contribution in [2.24, 2.45) is 28.2 Å². The number of benzene rings is 9. The van der Waals surface area contributed by atoms with Crippen LogP contribution in [0, 0.1) is 31.2 Å². The molecule has 0 unspecified atom stereocenters. The van der Waals surface area contributed by atoms with Crippen molar-refractivity contribution in [1.82, 2.24) is 36.5 Å². The molecule has 0 spiro atoms. The van der Waals surface area contributed by atoms with Gasteiger partial charge in [0, 0.05) is 180 Å². The van der Waals surface area contributed by atoms with Gasteiger partial charge in [-0.2, -0.15) is 47.0 Å². The molecule has 0 aliphatic heterocycles. The number of rotatable bonds is 9. The molecule has 0 saturated heterocycles. The van der Waals surface area contributed by atoms with Crippen molar-refractivity contribution in [3.63, 3.8) is 0 Å². The maximum atomic E-state index is 3.58. The summed E-state index contributed by atoms with van der Waals surface area (Å²) in [6.07, 6.45) is 38.3. The smallest absolute Gasteiger partial charge is 0.189 e. The first kappa shape index (κ1) is 80.0. The van der Waals surface area contributed by atoms with Crippen molar-refractivity contribution < 1.29 is 80.4 Å². The number of nitrogens with zero attached hydrogens (tertiary/aromatic N) is 8. The minimum absolute atomic E-state index is 0. The van der Waals surface area contributed by atoms with Crippen LogP contribution in [-0.2, 0) is 196 Å². The van der Waals surface area contributed by atoms with E-state index in [1.54, 1.807) is 11.1 Å². The van der Waals surface area contributed by atoms with E-state index in [1.165, 1.54) is 267 Å². The minimum atomic E-state index is 0. The quantitative estimate of drug-likeness (QED) is 0.129. The third kappa shape index (κ3) is 16.1. The Balaban J connectivity index is 0.000000132. The van der Waals surface area contributed by atoms with E-state index in [9.17, 15) is 0 Å². The fraction of sp³-hybridized carbons (Fsp3) is 0.389. The Labute approximate surface area is 690 Å². The van der Waals surface area contributed by atoms with Crippen molar-refractivity contribution >= 4 is 44.1 Å². The van der Waals surface area contributed by atoms with Crippen LogP contribution in [0.5, 0.6) is 0 Å². The molecule has 4 radical (unpaired) electrons. The zero-order chi connectivity index (χ0) is 70.8. The normalized spacial score (nSPS) is 15.3. The van der Waals surface area contributed by atoms with Gasteiger partial charge in [-0.15, -0.1) is 46.5 Å². The van der Waals surface area contributed by atoms with Crippen LogP contribution in [0.15, 0.2) is 153 Å². The molecule has 4 heterocycles.